The van der Waals surface area contributed by atoms with Gasteiger partial charge in [-0.25, -0.2) is 0 Å². The predicted molar refractivity (Wildman–Crippen MR) is 41.2 cm³/mol. The monoisotopic (exact) mass is 197 g/mol. The van der Waals surface area contributed by atoms with E-state index in [1.807, 2.05) is 0 Å². The zero-order valence-electron chi connectivity index (χ0n) is 6.77. The molecule has 0 fully saturated rings. The van der Waals surface area contributed by atoms with E-state index in [1.54, 1.807) is 5.32 Å². The zero-order chi connectivity index (χ0) is 10.3. The van der Waals surface area contributed by atoms with Gasteiger partial charge in [-0.05, 0) is 6.42 Å². The van der Waals surface area contributed by atoms with E-state index in [1.165, 1.54) is 0 Å². The number of halogens is 3. The van der Waals surface area contributed by atoms with Crippen molar-refractivity contribution in [1.82, 2.24) is 5.32 Å². The molecule has 4 nitrogen and oxygen atoms in total. The number of hydrogen-bond acceptors (Lipinski definition) is 2. The Kier molecular flexibility index (Phi) is 4.86. The van der Waals surface area contributed by atoms with E-state index in [2.05, 4.69) is 4.99 Å². The van der Waals surface area contributed by atoms with Crippen molar-refractivity contribution in [2.24, 2.45) is 10.7 Å². The third-order valence-electron chi connectivity index (χ3n) is 1.11. The molecule has 0 rings (SSSR count). The van der Waals surface area contributed by atoms with Crippen molar-refractivity contribution >= 4 is 12.2 Å². The van der Waals surface area contributed by atoms with E-state index in [9.17, 15) is 18.0 Å². The number of nitrogens with one attached hydrogen (secondary N) is 1. The SMILES string of the molecule is NC=NCCCNC(=O)C(F)(F)F. The largest absolute Gasteiger partial charge is 0.471 e. The summed E-state index contributed by atoms with van der Waals surface area (Å²) in [5, 5.41) is 1.70. The van der Waals surface area contributed by atoms with Gasteiger partial charge in [-0.2, -0.15) is 13.2 Å². The first kappa shape index (κ1) is 11.7. The number of hydrogen-bond donors (Lipinski definition) is 2. The van der Waals surface area contributed by atoms with Crippen LogP contribution in [-0.4, -0.2) is 31.5 Å². The van der Waals surface area contributed by atoms with E-state index in [0.717, 1.165) is 6.34 Å². The number of carbonyl (C=O) groups excluding carboxylic acids is 1. The summed E-state index contributed by atoms with van der Waals surface area (Å²) < 4.78 is 34.7. The van der Waals surface area contributed by atoms with Crippen LogP contribution in [0.1, 0.15) is 6.42 Å². The highest BCUT2D eigenvalue weighted by Crippen LogP contribution is 2.13. The highest BCUT2D eigenvalue weighted by Gasteiger charge is 2.37. The Morgan fingerprint density at radius 3 is 2.62 bits per heavy atom. The molecule has 0 aliphatic heterocycles. The average Bonchev–Trinajstić information content (AvgIpc) is 2.02. The molecule has 0 unspecified atom stereocenters. The van der Waals surface area contributed by atoms with Gasteiger partial charge in [-0.15, -0.1) is 0 Å². The van der Waals surface area contributed by atoms with Crippen molar-refractivity contribution in [2.75, 3.05) is 13.1 Å². The van der Waals surface area contributed by atoms with Crippen LogP contribution in [0.15, 0.2) is 4.99 Å². The van der Waals surface area contributed by atoms with Crippen LogP contribution in [0.3, 0.4) is 0 Å². The van der Waals surface area contributed by atoms with Crippen molar-refractivity contribution in [1.29, 1.82) is 0 Å². The molecule has 0 aromatic rings. The van der Waals surface area contributed by atoms with Crippen molar-refractivity contribution in [3.63, 3.8) is 0 Å². The van der Waals surface area contributed by atoms with Gasteiger partial charge in [0.1, 0.15) is 0 Å². The molecule has 76 valence electrons. The Bertz CT molecular complexity index is 190. The predicted octanol–water partition coefficient (Wildman–Crippen LogP) is 0.0420. The summed E-state index contributed by atoms with van der Waals surface area (Å²) >= 11 is 0. The Balaban J connectivity index is 3.49. The minimum absolute atomic E-state index is 0.0598. The van der Waals surface area contributed by atoms with Crippen molar-refractivity contribution < 1.29 is 18.0 Å². The lowest BCUT2D eigenvalue weighted by atomic mass is 10.4. The third kappa shape index (κ3) is 5.94. The highest BCUT2D eigenvalue weighted by atomic mass is 19.4. The first-order chi connectivity index (χ1) is 5.98. The summed E-state index contributed by atoms with van der Waals surface area (Å²) in [4.78, 5) is 13.7. The minimum Gasteiger partial charge on any atom is -0.390 e. The second-order valence-corrected chi connectivity index (χ2v) is 2.16. The van der Waals surface area contributed by atoms with Crippen LogP contribution in [-0.2, 0) is 4.79 Å². The Morgan fingerprint density at radius 2 is 2.15 bits per heavy atom. The molecule has 1 amide bonds. The molecular formula is C6H10F3N3O. The quantitative estimate of drug-likeness (QED) is 0.379. The van der Waals surface area contributed by atoms with Gasteiger partial charge in [-0.3, -0.25) is 9.79 Å². The third-order valence-corrected chi connectivity index (χ3v) is 1.11. The topological polar surface area (TPSA) is 67.5 Å². The van der Waals surface area contributed by atoms with Crippen molar-refractivity contribution in [2.45, 2.75) is 12.6 Å². The molecule has 0 aliphatic rings. The number of rotatable bonds is 4. The number of nitrogens with zero attached hydrogens (tertiary/aromatic N) is 1. The van der Waals surface area contributed by atoms with Gasteiger partial charge in [0.05, 0.1) is 6.34 Å². The van der Waals surface area contributed by atoms with Gasteiger partial charge in [0.25, 0.3) is 0 Å². The molecule has 0 saturated heterocycles. The molecule has 0 aliphatic carbocycles. The van der Waals surface area contributed by atoms with Crippen molar-refractivity contribution in [3.8, 4) is 0 Å². The molecule has 0 aromatic heterocycles. The fourth-order valence-electron chi connectivity index (χ4n) is 0.547. The van der Waals surface area contributed by atoms with Crippen LogP contribution in [0.2, 0.25) is 0 Å². The zero-order valence-corrected chi connectivity index (χ0v) is 6.77. The smallest absolute Gasteiger partial charge is 0.390 e. The first-order valence-corrected chi connectivity index (χ1v) is 3.53. The van der Waals surface area contributed by atoms with E-state index < -0.39 is 12.1 Å². The lowest BCUT2D eigenvalue weighted by Gasteiger charge is -2.06. The van der Waals surface area contributed by atoms with Crippen molar-refractivity contribution in [3.05, 3.63) is 0 Å². The summed E-state index contributed by atoms with van der Waals surface area (Å²) in [5.74, 6) is -1.93. The fourth-order valence-corrected chi connectivity index (χ4v) is 0.547. The van der Waals surface area contributed by atoms with Gasteiger partial charge in [0.2, 0.25) is 0 Å². The molecule has 0 bridgehead atoms. The Labute approximate surface area is 73.0 Å². The number of aliphatic imine (C=N–C) groups is 1. The molecular weight excluding hydrogens is 187 g/mol. The van der Waals surface area contributed by atoms with Crippen LogP contribution >= 0.6 is 0 Å². The maximum absolute atomic E-state index is 11.6. The number of nitrogens with two attached hydrogens (primary N) is 1. The lowest BCUT2D eigenvalue weighted by Crippen LogP contribution is -2.37. The summed E-state index contributed by atoms with van der Waals surface area (Å²) in [5.41, 5.74) is 4.88. The van der Waals surface area contributed by atoms with E-state index in [4.69, 9.17) is 5.73 Å². The highest BCUT2D eigenvalue weighted by molar-refractivity contribution is 5.81. The summed E-state index contributed by atoms with van der Waals surface area (Å²) in [6.07, 6.45) is -3.42. The molecule has 13 heavy (non-hydrogen) atoms. The average molecular weight is 197 g/mol. The van der Waals surface area contributed by atoms with Gasteiger partial charge < -0.3 is 11.1 Å². The molecule has 0 spiro atoms. The van der Waals surface area contributed by atoms with Gasteiger partial charge in [0, 0.05) is 13.1 Å². The second-order valence-electron chi connectivity index (χ2n) is 2.16. The minimum atomic E-state index is -4.81. The van der Waals surface area contributed by atoms with Gasteiger partial charge >= 0.3 is 12.1 Å². The van der Waals surface area contributed by atoms with Gasteiger partial charge in [-0.1, -0.05) is 0 Å². The molecule has 0 atom stereocenters. The second kappa shape index (κ2) is 5.39. The first-order valence-electron chi connectivity index (χ1n) is 3.53. The standard InChI is InChI=1S/C6H10F3N3O/c7-6(8,9)5(13)12-3-1-2-11-4-10/h4H,1-3H2,(H2,10,11)(H,12,13). The Hall–Kier alpha value is -1.27. The maximum Gasteiger partial charge on any atom is 0.471 e. The van der Waals surface area contributed by atoms with Crippen LogP contribution in [0.4, 0.5) is 13.2 Å². The van der Waals surface area contributed by atoms with Crippen LogP contribution < -0.4 is 11.1 Å². The molecule has 0 saturated carbocycles. The number of carbonyl (C=O) groups is 1. The van der Waals surface area contributed by atoms with E-state index in [-0.39, 0.29) is 6.54 Å². The Morgan fingerprint density at radius 1 is 1.54 bits per heavy atom. The lowest BCUT2D eigenvalue weighted by molar-refractivity contribution is -0.173. The molecule has 0 heterocycles. The molecule has 7 heteroatoms. The normalized spacial score (nSPS) is 11.9. The summed E-state index contributed by atoms with van der Waals surface area (Å²) in [7, 11) is 0. The molecule has 0 radical (unpaired) electrons. The van der Waals surface area contributed by atoms with Crippen LogP contribution in [0, 0.1) is 0 Å². The van der Waals surface area contributed by atoms with E-state index >= 15 is 0 Å². The summed E-state index contributed by atoms with van der Waals surface area (Å²) in [6, 6.07) is 0. The van der Waals surface area contributed by atoms with Crippen LogP contribution in [0.5, 0.6) is 0 Å². The number of alkyl halides is 3. The summed E-state index contributed by atoms with van der Waals surface area (Å²) in [6.45, 7) is 0.240. The maximum atomic E-state index is 11.6. The van der Waals surface area contributed by atoms with Crippen LogP contribution in [0.25, 0.3) is 0 Å². The van der Waals surface area contributed by atoms with E-state index in [0.29, 0.717) is 13.0 Å². The molecule has 0 aromatic carbocycles. The molecule has 3 N–H and O–H groups in total. The van der Waals surface area contributed by atoms with Gasteiger partial charge in [0.15, 0.2) is 0 Å². The number of amides is 1. The fraction of sp³-hybridized carbons (Fsp3) is 0.667.